The Morgan fingerprint density at radius 3 is 2.83 bits per heavy atom. The first kappa shape index (κ1) is 15.1. The lowest BCUT2D eigenvalue weighted by Crippen LogP contribution is -2.47. The summed E-state index contributed by atoms with van der Waals surface area (Å²) in [5.74, 6) is 0.0695. The van der Waals surface area contributed by atoms with Gasteiger partial charge in [-0.05, 0) is 37.3 Å². The first-order chi connectivity index (χ1) is 8.58. The molecule has 2 unspecified atom stereocenters. The number of nitrogens with one attached hydrogen (secondary N) is 1. The van der Waals surface area contributed by atoms with E-state index in [2.05, 4.69) is 5.32 Å². The number of carbonyl (C=O) groups is 2. The van der Waals surface area contributed by atoms with Crippen molar-refractivity contribution in [1.29, 1.82) is 0 Å². The maximum Gasteiger partial charge on any atom is 0.326 e. The van der Waals surface area contributed by atoms with E-state index < -0.39 is 12.0 Å². The fraction of sp³-hybridized carbons (Fsp3) is 0.818. The van der Waals surface area contributed by atoms with Crippen LogP contribution in [0.25, 0.3) is 0 Å². The topological polar surface area (TPSA) is 95.7 Å². The predicted molar refractivity (Wildman–Crippen MR) is 71.7 cm³/mol. The number of hydrogen-bond donors (Lipinski definition) is 3. The summed E-state index contributed by atoms with van der Waals surface area (Å²) in [5.41, 5.74) is 5.56. The maximum atomic E-state index is 11.9. The molecule has 2 atom stereocenters. The Hall–Kier alpha value is -0.950. The SMILES string of the molecule is CSCCC(NC(=O)N1CCC(CN)C1)C(=O)O. The number of carbonyl (C=O) groups excluding carboxylic acids is 1. The summed E-state index contributed by atoms with van der Waals surface area (Å²) in [5, 5.41) is 11.6. The van der Waals surface area contributed by atoms with Gasteiger partial charge in [0.2, 0.25) is 0 Å². The summed E-state index contributed by atoms with van der Waals surface area (Å²) < 4.78 is 0. The number of carboxylic acid groups (broad SMARTS) is 1. The van der Waals surface area contributed by atoms with Crippen LogP contribution in [-0.2, 0) is 4.79 Å². The molecule has 1 saturated heterocycles. The van der Waals surface area contributed by atoms with E-state index in [-0.39, 0.29) is 6.03 Å². The lowest BCUT2D eigenvalue weighted by atomic mass is 10.1. The van der Waals surface area contributed by atoms with Crippen molar-refractivity contribution < 1.29 is 14.7 Å². The summed E-state index contributed by atoms with van der Waals surface area (Å²) in [6.45, 7) is 1.85. The van der Waals surface area contributed by atoms with Crippen LogP contribution in [0.4, 0.5) is 4.79 Å². The number of likely N-dealkylation sites (tertiary alicyclic amines) is 1. The van der Waals surface area contributed by atoms with E-state index in [0.29, 0.717) is 37.7 Å². The summed E-state index contributed by atoms with van der Waals surface area (Å²) >= 11 is 1.57. The van der Waals surface area contributed by atoms with Crippen LogP contribution in [-0.4, -0.2) is 59.7 Å². The van der Waals surface area contributed by atoms with Crippen molar-refractivity contribution in [2.45, 2.75) is 18.9 Å². The van der Waals surface area contributed by atoms with Gasteiger partial charge in [-0.25, -0.2) is 9.59 Å². The quantitative estimate of drug-likeness (QED) is 0.643. The normalized spacial score (nSPS) is 20.8. The van der Waals surface area contributed by atoms with E-state index in [4.69, 9.17) is 10.8 Å². The molecule has 2 amide bonds. The molecule has 1 heterocycles. The van der Waals surface area contributed by atoms with Crippen LogP contribution in [0.15, 0.2) is 0 Å². The highest BCUT2D eigenvalue weighted by Gasteiger charge is 2.28. The fourth-order valence-electron chi connectivity index (χ4n) is 1.94. The molecule has 104 valence electrons. The van der Waals surface area contributed by atoms with Crippen LogP contribution in [0.2, 0.25) is 0 Å². The van der Waals surface area contributed by atoms with Crippen molar-refractivity contribution in [2.75, 3.05) is 31.6 Å². The van der Waals surface area contributed by atoms with E-state index in [1.165, 1.54) is 0 Å². The zero-order chi connectivity index (χ0) is 13.5. The van der Waals surface area contributed by atoms with Crippen LogP contribution < -0.4 is 11.1 Å². The summed E-state index contributed by atoms with van der Waals surface area (Å²) in [7, 11) is 0. The number of amides is 2. The Morgan fingerprint density at radius 1 is 1.61 bits per heavy atom. The number of rotatable bonds is 6. The summed E-state index contributed by atoms with van der Waals surface area (Å²) in [4.78, 5) is 24.5. The lowest BCUT2D eigenvalue weighted by Gasteiger charge is -2.20. The second-order valence-corrected chi connectivity index (χ2v) is 5.44. The first-order valence-electron chi connectivity index (χ1n) is 6.05. The molecule has 6 nitrogen and oxygen atoms in total. The van der Waals surface area contributed by atoms with E-state index in [1.54, 1.807) is 16.7 Å². The first-order valence-corrected chi connectivity index (χ1v) is 7.45. The molecule has 1 fully saturated rings. The highest BCUT2D eigenvalue weighted by atomic mass is 32.2. The largest absolute Gasteiger partial charge is 0.480 e. The number of thioether (sulfide) groups is 1. The Kier molecular flexibility index (Phi) is 6.28. The average Bonchev–Trinajstić information content (AvgIpc) is 2.82. The standard InChI is InChI=1S/C11H21N3O3S/c1-18-5-3-9(10(15)16)13-11(17)14-4-2-8(6-12)7-14/h8-9H,2-7,12H2,1H3,(H,13,17)(H,15,16). The Labute approximate surface area is 111 Å². The Morgan fingerprint density at radius 2 is 2.33 bits per heavy atom. The smallest absolute Gasteiger partial charge is 0.326 e. The molecule has 4 N–H and O–H groups in total. The van der Waals surface area contributed by atoms with Gasteiger partial charge in [0.05, 0.1) is 0 Å². The molecule has 0 aromatic rings. The second kappa shape index (κ2) is 7.48. The van der Waals surface area contributed by atoms with E-state index in [0.717, 1.165) is 6.42 Å². The maximum absolute atomic E-state index is 11.9. The van der Waals surface area contributed by atoms with E-state index in [1.807, 2.05) is 6.26 Å². The number of carboxylic acids is 1. The summed E-state index contributed by atoms with van der Waals surface area (Å²) in [6.07, 6.45) is 3.25. The van der Waals surface area contributed by atoms with Crippen molar-refractivity contribution >= 4 is 23.8 Å². The van der Waals surface area contributed by atoms with Gasteiger partial charge in [0.1, 0.15) is 6.04 Å². The average molecular weight is 275 g/mol. The molecule has 1 rings (SSSR count). The van der Waals surface area contributed by atoms with E-state index in [9.17, 15) is 9.59 Å². The van der Waals surface area contributed by atoms with Gasteiger partial charge in [0.15, 0.2) is 0 Å². The summed E-state index contributed by atoms with van der Waals surface area (Å²) in [6, 6.07) is -1.10. The molecule has 0 spiro atoms. The van der Waals surface area contributed by atoms with Crippen LogP contribution in [0.3, 0.4) is 0 Å². The fourth-order valence-corrected chi connectivity index (χ4v) is 2.41. The van der Waals surface area contributed by atoms with Crippen molar-refractivity contribution in [2.24, 2.45) is 11.7 Å². The zero-order valence-electron chi connectivity index (χ0n) is 10.6. The highest BCUT2D eigenvalue weighted by Crippen LogP contribution is 2.15. The highest BCUT2D eigenvalue weighted by molar-refractivity contribution is 7.98. The molecular weight excluding hydrogens is 254 g/mol. The molecule has 18 heavy (non-hydrogen) atoms. The van der Waals surface area contributed by atoms with E-state index >= 15 is 0 Å². The van der Waals surface area contributed by atoms with Crippen LogP contribution in [0.5, 0.6) is 0 Å². The van der Waals surface area contributed by atoms with Gasteiger partial charge < -0.3 is 21.1 Å². The van der Waals surface area contributed by atoms with Gasteiger partial charge in [-0.3, -0.25) is 0 Å². The number of urea groups is 1. The van der Waals surface area contributed by atoms with Gasteiger partial charge in [-0.1, -0.05) is 0 Å². The monoisotopic (exact) mass is 275 g/mol. The minimum atomic E-state index is -0.980. The Balaban J connectivity index is 2.43. The van der Waals surface area contributed by atoms with Crippen molar-refractivity contribution in [3.63, 3.8) is 0 Å². The number of aliphatic carboxylic acids is 1. The molecule has 1 aliphatic heterocycles. The third-order valence-electron chi connectivity index (χ3n) is 3.11. The minimum absolute atomic E-state index is 0.292. The second-order valence-electron chi connectivity index (χ2n) is 4.46. The van der Waals surface area contributed by atoms with Gasteiger partial charge in [-0.2, -0.15) is 11.8 Å². The van der Waals surface area contributed by atoms with Crippen LogP contribution in [0.1, 0.15) is 12.8 Å². The third kappa shape index (κ3) is 4.38. The van der Waals surface area contributed by atoms with Gasteiger partial charge in [-0.15, -0.1) is 0 Å². The molecule has 0 aliphatic carbocycles. The molecule has 0 saturated carbocycles. The molecule has 7 heteroatoms. The van der Waals surface area contributed by atoms with Crippen molar-refractivity contribution in [3.05, 3.63) is 0 Å². The number of nitrogens with zero attached hydrogens (tertiary/aromatic N) is 1. The number of nitrogens with two attached hydrogens (primary N) is 1. The minimum Gasteiger partial charge on any atom is -0.480 e. The number of hydrogen-bond acceptors (Lipinski definition) is 4. The molecule has 1 aliphatic rings. The van der Waals surface area contributed by atoms with Crippen molar-refractivity contribution in [3.8, 4) is 0 Å². The van der Waals surface area contributed by atoms with Crippen LogP contribution in [0, 0.1) is 5.92 Å². The molecule has 0 bridgehead atoms. The molecule has 0 radical (unpaired) electrons. The Bertz CT molecular complexity index is 301. The lowest BCUT2D eigenvalue weighted by molar-refractivity contribution is -0.139. The molecular formula is C11H21N3O3S. The van der Waals surface area contributed by atoms with Gasteiger partial charge in [0, 0.05) is 13.1 Å². The molecule has 0 aromatic carbocycles. The predicted octanol–water partition coefficient (Wildman–Crippen LogP) is 0.183. The third-order valence-corrected chi connectivity index (χ3v) is 3.76. The van der Waals surface area contributed by atoms with Crippen molar-refractivity contribution in [1.82, 2.24) is 10.2 Å². The van der Waals surface area contributed by atoms with Crippen LogP contribution >= 0.6 is 11.8 Å². The van der Waals surface area contributed by atoms with Gasteiger partial charge >= 0.3 is 12.0 Å². The van der Waals surface area contributed by atoms with Gasteiger partial charge in [0.25, 0.3) is 0 Å². The molecule has 0 aromatic heterocycles. The zero-order valence-corrected chi connectivity index (χ0v) is 11.4.